The second-order valence-electron chi connectivity index (χ2n) is 4.10. The number of carbonyl (C=O) groups excluding carboxylic acids is 2. The van der Waals surface area contributed by atoms with Gasteiger partial charge in [-0.05, 0) is 31.9 Å². The first-order valence-electron chi connectivity index (χ1n) is 5.76. The minimum absolute atomic E-state index is 0.0998. The van der Waals surface area contributed by atoms with Crippen molar-refractivity contribution in [3.63, 3.8) is 0 Å². The van der Waals surface area contributed by atoms with E-state index in [2.05, 4.69) is 4.98 Å². The summed E-state index contributed by atoms with van der Waals surface area (Å²) in [5.74, 6) is -0.646. The molecule has 0 bridgehead atoms. The summed E-state index contributed by atoms with van der Waals surface area (Å²) >= 11 is 0. The van der Waals surface area contributed by atoms with Crippen molar-refractivity contribution >= 4 is 22.9 Å². The Hall–Kier alpha value is -2.17. The summed E-state index contributed by atoms with van der Waals surface area (Å²) in [6, 6.07) is 7.37. The second-order valence-corrected chi connectivity index (χ2v) is 4.10. The summed E-state index contributed by atoms with van der Waals surface area (Å²) in [7, 11) is 0. The van der Waals surface area contributed by atoms with Crippen LogP contribution in [0.5, 0.6) is 0 Å². The van der Waals surface area contributed by atoms with Crippen LogP contribution in [0.25, 0.3) is 11.0 Å². The molecule has 0 atom stereocenters. The molecule has 2 aromatic rings. The SMILES string of the molecule is Cc1nc2ccccc2n1C(=O)CCCC(=O)[O-]. The van der Waals surface area contributed by atoms with Gasteiger partial charge >= 0.3 is 0 Å². The van der Waals surface area contributed by atoms with Crippen LogP contribution in [-0.2, 0) is 4.79 Å². The summed E-state index contributed by atoms with van der Waals surface area (Å²) in [6.07, 6.45) is 0.361. The fraction of sp³-hybridized carbons (Fsp3) is 0.308. The third-order valence-electron chi connectivity index (χ3n) is 2.75. The number of aryl methyl sites for hydroxylation is 1. The van der Waals surface area contributed by atoms with Crippen LogP contribution >= 0.6 is 0 Å². The molecule has 0 aliphatic heterocycles. The molecular weight excluding hydrogens is 232 g/mol. The highest BCUT2D eigenvalue weighted by molar-refractivity contribution is 5.91. The fourth-order valence-electron chi connectivity index (χ4n) is 1.96. The number of carbonyl (C=O) groups is 2. The molecule has 2 rings (SSSR count). The van der Waals surface area contributed by atoms with E-state index in [0.717, 1.165) is 11.0 Å². The molecule has 0 aliphatic carbocycles. The lowest BCUT2D eigenvalue weighted by Crippen LogP contribution is -2.22. The van der Waals surface area contributed by atoms with Crippen LogP contribution in [0.4, 0.5) is 0 Å². The van der Waals surface area contributed by atoms with Crippen molar-refractivity contribution in [1.29, 1.82) is 0 Å². The van der Waals surface area contributed by atoms with Crippen LogP contribution in [0.15, 0.2) is 24.3 Å². The zero-order valence-electron chi connectivity index (χ0n) is 10.0. The topological polar surface area (TPSA) is 75.0 Å². The van der Waals surface area contributed by atoms with Crippen molar-refractivity contribution in [3.05, 3.63) is 30.1 Å². The van der Waals surface area contributed by atoms with E-state index in [4.69, 9.17) is 0 Å². The Bertz CT molecular complexity index is 601. The Kier molecular flexibility index (Phi) is 3.41. The zero-order valence-corrected chi connectivity index (χ0v) is 10.0. The summed E-state index contributed by atoms with van der Waals surface area (Å²) in [5.41, 5.74) is 1.52. The number of hydrogen-bond donors (Lipinski definition) is 0. The predicted octanol–water partition coefficient (Wildman–Crippen LogP) is 0.905. The van der Waals surface area contributed by atoms with E-state index < -0.39 is 5.97 Å². The van der Waals surface area contributed by atoms with Crippen molar-refractivity contribution in [3.8, 4) is 0 Å². The maximum Gasteiger partial charge on any atom is 0.232 e. The Morgan fingerprint density at radius 2 is 2.00 bits per heavy atom. The molecule has 0 aliphatic rings. The number of aromatic nitrogens is 2. The first-order valence-corrected chi connectivity index (χ1v) is 5.76. The van der Waals surface area contributed by atoms with Crippen LogP contribution in [0.3, 0.4) is 0 Å². The molecule has 18 heavy (non-hydrogen) atoms. The smallest absolute Gasteiger partial charge is 0.232 e. The molecule has 0 amide bonds. The third kappa shape index (κ3) is 2.40. The number of nitrogens with zero attached hydrogens (tertiary/aromatic N) is 2. The fourth-order valence-corrected chi connectivity index (χ4v) is 1.96. The Morgan fingerprint density at radius 3 is 2.72 bits per heavy atom. The lowest BCUT2D eigenvalue weighted by Gasteiger charge is -2.05. The number of aliphatic carboxylic acids is 1. The van der Waals surface area contributed by atoms with Crippen molar-refractivity contribution in [2.45, 2.75) is 26.2 Å². The van der Waals surface area contributed by atoms with Gasteiger partial charge < -0.3 is 9.90 Å². The Labute approximate surface area is 104 Å². The number of benzene rings is 1. The van der Waals surface area contributed by atoms with Crippen LogP contribution in [0.1, 0.15) is 29.9 Å². The Balaban J connectivity index is 2.22. The summed E-state index contributed by atoms with van der Waals surface area (Å²) in [5, 5.41) is 10.3. The van der Waals surface area contributed by atoms with Crippen LogP contribution in [0.2, 0.25) is 0 Å². The molecular formula is C13H13N2O3-. The normalized spacial score (nSPS) is 10.7. The van der Waals surface area contributed by atoms with E-state index in [1.165, 1.54) is 4.57 Å². The maximum absolute atomic E-state index is 12.0. The molecule has 5 nitrogen and oxygen atoms in total. The molecule has 0 spiro atoms. The highest BCUT2D eigenvalue weighted by Gasteiger charge is 2.13. The number of para-hydroxylation sites is 2. The zero-order chi connectivity index (χ0) is 13.1. The molecule has 94 valence electrons. The maximum atomic E-state index is 12.0. The van der Waals surface area contributed by atoms with E-state index in [0.29, 0.717) is 5.82 Å². The van der Waals surface area contributed by atoms with Gasteiger partial charge in [-0.1, -0.05) is 12.1 Å². The van der Waals surface area contributed by atoms with Crippen LogP contribution in [0, 0.1) is 6.92 Å². The van der Waals surface area contributed by atoms with E-state index >= 15 is 0 Å². The minimum atomic E-state index is -1.13. The molecule has 0 saturated carbocycles. The van der Waals surface area contributed by atoms with Crippen molar-refractivity contribution < 1.29 is 14.7 Å². The van der Waals surface area contributed by atoms with Gasteiger partial charge in [0.25, 0.3) is 0 Å². The van der Waals surface area contributed by atoms with Crippen molar-refractivity contribution in [1.82, 2.24) is 9.55 Å². The van der Waals surface area contributed by atoms with Gasteiger partial charge in [-0.15, -0.1) is 0 Å². The largest absolute Gasteiger partial charge is 0.550 e. The van der Waals surface area contributed by atoms with Gasteiger partial charge in [0, 0.05) is 12.4 Å². The summed E-state index contributed by atoms with van der Waals surface area (Å²) in [6.45, 7) is 1.76. The standard InChI is InChI=1S/C13H14N2O3/c1-9-14-10-5-2-3-6-11(10)15(9)12(16)7-4-8-13(17)18/h2-3,5-6H,4,7-8H2,1H3,(H,17,18)/p-1. The van der Waals surface area contributed by atoms with Crippen molar-refractivity contribution in [2.24, 2.45) is 0 Å². The van der Waals surface area contributed by atoms with Gasteiger partial charge in [0.1, 0.15) is 5.82 Å². The molecule has 0 fully saturated rings. The van der Waals surface area contributed by atoms with Gasteiger partial charge in [-0.3, -0.25) is 9.36 Å². The van der Waals surface area contributed by atoms with Gasteiger partial charge in [-0.25, -0.2) is 4.98 Å². The molecule has 1 aromatic heterocycles. The molecule has 0 radical (unpaired) electrons. The molecule has 1 aromatic carbocycles. The van der Waals surface area contributed by atoms with E-state index in [1.807, 2.05) is 24.3 Å². The van der Waals surface area contributed by atoms with Gasteiger partial charge in [0.15, 0.2) is 0 Å². The number of imidazole rings is 1. The predicted molar refractivity (Wildman–Crippen MR) is 64.0 cm³/mol. The lowest BCUT2D eigenvalue weighted by molar-refractivity contribution is -0.305. The summed E-state index contributed by atoms with van der Waals surface area (Å²) < 4.78 is 1.53. The number of carboxylic acid groups (broad SMARTS) is 1. The van der Waals surface area contributed by atoms with E-state index in [1.54, 1.807) is 6.92 Å². The van der Waals surface area contributed by atoms with Gasteiger partial charge in [0.2, 0.25) is 5.91 Å². The molecule has 0 saturated heterocycles. The second kappa shape index (κ2) is 5.00. The highest BCUT2D eigenvalue weighted by atomic mass is 16.4. The van der Waals surface area contributed by atoms with Crippen LogP contribution < -0.4 is 5.11 Å². The molecule has 0 unspecified atom stereocenters. The monoisotopic (exact) mass is 245 g/mol. The number of carboxylic acids is 1. The first kappa shape index (κ1) is 12.3. The average Bonchev–Trinajstić information content (AvgIpc) is 2.64. The van der Waals surface area contributed by atoms with Gasteiger partial charge in [0.05, 0.1) is 11.0 Å². The minimum Gasteiger partial charge on any atom is -0.550 e. The highest BCUT2D eigenvalue weighted by Crippen LogP contribution is 2.16. The lowest BCUT2D eigenvalue weighted by atomic mass is 10.2. The molecule has 1 heterocycles. The Morgan fingerprint density at radius 1 is 1.28 bits per heavy atom. The number of fused-ring (bicyclic) bond motifs is 1. The molecule has 0 N–H and O–H groups in total. The van der Waals surface area contributed by atoms with Gasteiger partial charge in [-0.2, -0.15) is 0 Å². The number of rotatable bonds is 4. The van der Waals surface area contributed by atoms with E-state index in [-0.39, 0.29) is 25.2 Å². The van der Waals surface area contributed by atoms with E-state index in [9.17, 15) is 14.7 Å². The average molecular weight is 245 g/mol. The first-order chi connectivity index (χ1) is 8.59. The van der Waals surface area contributed by atoms with Crippen molar-refractivity contribution in [2.75, 3.05) is 0 Å². The quantitative estimate of drug-likeness (QED) is 0.802. The number of hydrogen-bond acceptors (Lipinski definition) is 4. The van der Waals surface area contributed by atoms with Crippen LogP contribution in [-0.4, -0.2) is 21.4 Å². The summed E-state index contributed by atoms with van der Waals surface area (Å²) in [4.78, 5) is 26.6. The molecule has 5 heteroatoms. The third-order valence-corrected chi connectivity index (χ3v) is 2.75.